The molecular formula is C40H82NO7P. The number of carbonyl (C=O) groups is 1. The lowest BCUT2D eigenvalue weighted by Gasteiger charge is -2.20. The van der Waals surface area contributed by atoms with Gasteiger partial charge >= 0.3 is 13.8 Å². The largest absolute Gasteiger partial charge is 0.472 e. The highest BCUT2D eigenvalue weighted by atomic mass is 31.2. The minimum Gasteiger partial charge on any atom is -0.457 e. The van der Waals surface area contributed by atoms with E-state index in [1.54, 1.807) is 0 Å². The molecule has 2 unspecified atom stereocenters. The fraction of sp³-hybridized carbons (Fsp3) is 0.975. The summed E-state index contributed by atoms with van der Waals surface area (Å²) in [6, 6.07) is 0. The number of phosphoric acid groups is 1. The van der Waals surface area contributed by atoms with Crippen molar-refractivity contribution in [2.45, 2.75) is 219 Å². The summed E-state index contributed by atoms with van der Waals surface area (Å²) < 4.78 is 33.0. The second kappa shape index (κ2) is 38.7. The highest BCUT2D eigenvalue weighted by molar-refractivity contribution is 7.47. The van der Waals surface area contributed by atoms with E-state index in [2.05, 4.69) is 13.8 Å². The van der Waals surface area contributed by atoms with E-state index in [4.69, 9.17) is 24.3 Å². The van der Waals surface area contributed by atoms with E-state index < -0.39 is 13.9 Å². The van der Waals surface area contributed by atoms with E-state index in [9.17, 15) is 14.3 Å². The Morgan fingerprint density at radius 3 is 1.29 bits per heavy atom. The molecule has 0 amide bonds. The molecule has 0 saturated heterocycles. The number of carbonyl (C=O) groups excluding carboxylic acids is 1. The van der Waals surface area contributed by atoms with Crippen LogP contribution < -0.4 is 5.73 Å². The molecule has 0 spiro atoms. The smallest absolute Gasteiger partial charge is 0.457 e. The molecule has 9 heteroatoms. The summed E-state index contributed by atoms with van der Waals surface area (Å²) in [6.07, 6.45) is 39.2. The van der Waals surface area contributed by atoms with Gasteiger partial charge in [0, 0.05) is 19.6 Å². The maximum absolute atomic E-state index is 12.3. The van der Waals surface area contributed by atoms with E-state index in [0.29, 0.717) is 13.0 Å². The standard InChI is InChI=1S/C40H82NO7P/c1-3-5-7-9-10-11-12-13-14-15-16-17-18-19-20-21-22-23-24-25-26-27-28-29-30-32-35-45-37-39(38-47-49(43,44)46-36-34-41)48-40(42)33-31-8-6-4-2/h39H,3-38,41H2,1-2H3,(H,43,44). The number of rotatable bonds is 41. The summed E-state index contributed by atoms with van der Waals surface area (Å²) in [5.74, 6) is -0.343. The van der Waals surface area contributed by atoms with Crippen LogP contribution >= 0.6 is 7.82 Å². The predicted octanol–water partition coefficient (Wildman–Crippen LogP) is 12.1. The molecule has 0 heterocycles. The van der Waals surface area contributed by atoms with E-state index in [0.717, 1.165) is 38.5 Å². The maximum atomic E-state index is 12.3. The van der Waals surface area contributed by atoms with Gasteiger partial charge in [-0.3, -0.25) is 13.8 Å². The van der Waals surface area contributed by atoms with Crippen LogP contribution in [0.3, 0.4) is 0 Å². The van der Waals surface area contributed by atoms with Crippen LogP contribution in [-0.2, 0) is 27.9 Å². The Labute approximate surface area is 303 Å². The number of nitrogens with two attached hydrogens (primary N) is 1. The van der Waals surface area contributed by atoms with Gasteiger partial charge in [-0.1, -0.05) is 194 Å². The molecule has 294 valence electrons. The molecule has 0 saturated carbocycles. The molecule has 0 radical (unpaired) electrons. The van der Waals surface area contributed by atoms with Crippen LogP contribution in [0.5, 0.6) is 0 Å². The van der Waals surface area contributed by atoms with Gasteiger partial charge in [-0.25, -0.2) is 4.57 Å². The fourth-order valence-electron chi connectivity index (χ4n) is 6.17. The van der Waals surface area contributed by atoms with Gasteiger partial charge in [-0.15, -0.1) is 0 Å². The van der Waals surface area contributed by atoms with E-state index in [1.807, 2.05) is 0 Å². The van der Waals surface area contributed by atoms with Crippen molar-refractivity contribution in [1.82, 2.24) is 0 Å². The Kier molecular flexibility index (Phi) is 38.3. The van der Waals surface area contributed by atoms with Crippen molar-refractivity contribution in [3.8, 4) is 0 Å². The van der Waals surface area contributed by atoms with Crippen molar-refractivity contribution in [3.05, 3.63) is 0 Å². The third kappa shape index (κ3) is 38.6. The molecule has 8 nitrogen and oxygen atoms in total. The average Bonchev–Trinajstić information content (AvgIpc) is 3.09. The van der Waals surface area contributed by atoms with Gasteiger partial charge in [0.1, 0.15) is 6.10 Å². The third-order valence-corrected chi connectivity index (χ3v) is 10.3. The van der Waals surface area contributed by atoms with Gasteiger partial charge in [0.15, 0.2) is 0 Å². The Hall–Kier alpha value is -0.500. The molecule has 2 atom stereocenters. The number of phosphoric ester groups is 1. The van der Waals surface area contributed by atoms with Crippen LogP contribution in [0.2, 0.25) is 0 Å². The SMILES string of the molecule is CCCCCCCCCCCCCCCCCCCCCCCCCCCCOCC(COP(=O)(O)OCCN)OC(=O)CCCCCC. The lowest BCUT2D eigenvalue weighted by molar-refractivity contribution is -0.154. The molecule has 0 rings (SSSR count). The molecule has 0 aliphatic carbocycles. The Morgan fingerprint density at radius 2 is 0.898 bits per heavy atom. The van der Waals surface area contributed by atoms with Crippen LogP contribution in [0.4, 0.5) is 0 Å². The van der Waals surface area contributed by atoms with Gasteiger partial charge in [0.05, 0.1) is 19.8 Å². The summed E-state index contributed by atoms with van der Waals surface area (Å²) in [4.78, 5) is 22.0. The second-order valence-corrected chi connectivity index (χ2v) is 15.7. The average molecular weight is 720 g/mol. The molecule has 0 aromatic carbocycles. The van der Waals surface area contributed by atoms with Crippen LogP contribution in [0.1, 0.15) is 213 Å². The zero-order valence-corrected chi connectivity index (χ0v) is 33.3. The van der Waals surface area contributed by atoms with Crippen molar-refractivity contribution in [2.24, 2.45) is 5.73 Å². The fourth-order valence-corrected chi connectivity index (χ4v) is 6.94. The highest BCUT2D eigenvalue weighted by Crippen LogP contribution is 2.43. The summed E-state index contributed by atoms with van der Waals surface area (Å²) in [7, 11) is -4.25. The van der Waals surface area contributed by atoms with E-state index in [-0.39, 0.29) is 32.3 Å². The first-order chi connectivity index (χ1) is 23.9. The molecule has 0 aliphatic rings. The van der Waals surface area contributed by atoms with Crippen molar-refractivity contribution < 1.29 is 32.8 Å². The second-order valence-electron chi connectivity index (χ2n) is 14.2. The first-order valence-corrected chi connectivity index (χ1v) is 22.5. The normalized spacial score (nSPS) is 13.5. The Bertz CT molecular complexity index is 727. The molecule has 0 aromatic heterocycles. The first-order valence-electron chi connectivity index (χ1n) is 21.0. The van der Waals surface area contributed by atoms with Gasteiger partial charge < -0.3 is 20.1 Å². The van der Waals surface area contributed by atoms with Crippen molar-refractivity contribution in [1.29, 1.82) is 0 Å². The number of hydrogen-bond donors (Lipinski definition) is 2. The number of unbranched alkanes of at least 4 members (excludes halogenated alkanes) is 28. The molecule has 0 aromatic rings. The summed E-state index contributed by atoms with van der Waals surface area (Å²) in [5, 5.41) is 0. The topological polar surface area (TPSA) is 117 Å². The molecule has 3 N–H and O–H groups in total. The quantitative estimate of drug-likeness (QED) is 0.0364. The van der Waals surface area contributed by atoms with Crippen molar-refractivity contribution in [2.75, 3.05) is 33.0 Å². The third-order valence-electron chi connectivity index (χ3n) is 9.27. The lowest BCUT2D eigenvalue weighted by atomic mass is 10.0. The van der Waals surface area contributed by atoms with Gasteiger partial charge in [-0.2, -0.15) is 0 Å². The predicted molar refractivity (Wildman–Crippen MR) is 206 cm³/mol. The molecular weight excluding hydrogens is 637 g/mol. The molecule has 49 heavy (non-hydrogen) atoms. The highest BCUT2D eigenvalue weighted by Gasteiger charge is 2.25. The molecule has 0 bridgehead atoms. The molecule has 0 aliphatic heterocycles. The van der Waals surface area contributed by atoms with Crippen LogP contribution in [0, 0.1) is 0 Å². The van der Waals surface area contributed by atoms with Crippen molar-refractivity contribution in [3.63, 3.8) is 0 Å². The number of esters is 1. The van der Waals surface area contributed by atoms with E-state index >= 15 is 0 Å². The Morgan fingerprint density at radius 1 is 0.531 bits per heavy atom. The van der Waals surface area contributed by atoms with Gasteiger partial charge in [0.2, 0.25) is 0 Å². The number of hydrogen-bond acceptors (Lipinski definition) is 7. The minimum absolute atomic E-state index is 0.0915. The zero-order valence-electron chi connectivity index (χ0n) is 32.5. The van der Waals surface area contributed by atoms with Crippen LogP contribution in [-0.4, -0.2) is 49.9 Å². The van der Waals surface area contributed by atoms with Gasteiger partial charge in [0.25, 0.3) is 0 Å². The first kappa shape index (κ1) is 48.5. The number of ether oxygens (including phenoxy) is 2. The monoisotopic (exact) mass is 720 g/mol. The zero-order chi connectivity index (χ0) is 35.9. The maximum Gasteiger partial charge on any atom is 0.472 e. The summed E-state index contributed by atoms with van der Waals surface area (Å²) in [6.45, 7) is 4.84. The van der Waals surface area contributed by atoms with Crippen LogP contribution in [0.25, 0.3) is 0 Å². The lowest BCUT2D eigenvalue weighted by Crippen LogP contribution is -2.28. The summed E-state index contributed by atoms with van der Waals surface area (Å²) >= 11 is 0. The van der Waals surface area contributed by atoms with Gasteiger partial charge in [-0.05, 0) is 12.8 Å². The summed E-state index contributed by atoms with van der Waals surface area (Å²) in [5.41, 5.74) is 5.33. The van der Waals surface area contributed by atoms with Crippen molar-refractivity contribution >= 4 is 13.8 Å². The van der Waals surface area contributed by atoms with E-state index in [1.165, 1.54) is 154 Å². The van der Waals surface area contributed by atoms with Crippen LogP contribution in [0.15, 0.2) is 0 Å². The Balaban J connectivity index is 3.62. The minimum atomic E-state index is -4.25. The molecule has 0 fully saturated rings.